The van der Waals surface area contributed by atoms with E-state index in [1.54, 1.807) is 23.5 Å². The van der Waals surface area contributed by atoms with Gasteiger partial charge in [0.1, 0.15) is 30.6 Å². The maximum atomic E-state index is 11.4. The molecule has 0 amide bonds. The monoisotopic (exact) mass is 636 g/mol. The molecule has 6 aromatic rings. The van der Waals surface area contributed by atoms with E-state index in [-0.39, 0.29) is 5.57 Å². The summed E-state index contributed by atoms with van der Waals surface area (Å²) >= 11 is 1.56. The zero-order valence-corrected chi connectivity index (χ0v) is 26.2. The lowest BCUT2D eigenvalue weighted by Crippen LogP contribution is -2.14. The maximum absolute atomic E-state index is 11.4. The first-order valence-electron chi connectivity index (χ1n) is 14.9. The van der Waals surface area contributed by atoms with E-state index in [9.17, 15) is 15.2 Å². The highest BCUT2D eigenvalue weighted by Gasteiger charge is 2.27. The number of hydrogen-bond acceptors (Lipinski definition) is 7. The van der Waals surface area contributed by atoms with E-state index in [1.807, 2.05) is 30.3 Å². The van der Waals surface area contributed by atoms with Gasteiger partial charge in [-0.05, 0) is 59.0 Å². The summed E-state index contributed by atoms with van der Waals surface area (Å²) < 4.78 is 17.9. The number of thiophene rings is 1. The van der Waals surface area contributed by atoms with Crippen molar-refractivity contribution in [3.63, 3.8) is 0 Å². The zero-order chi connectivity index (χ0) is 32.3. The van der Waals surface area contributed by atoms with Crippen LogP contribution < -0.4 is 19.1 Å². The third kappa shape index (κ3) is 5.65. The Hall–Kier alpha value is -6.04. The molecule has 5 aromatic carbocycles. The fraction of sp³-hybridized carbons (Fsp3) is 0.0769. The summed E-state index contributed by atoms with van der Waals surface area (Å²) in [5.41, 5.74) is 5.10. The first-order valence-corrected chi connectivity index (χ1v) is 15.8. The molecule has 0 aliphatic carbocycles. The van der Waals surface area contributed by atoms with Crippen LogP contribution in [-0.4, -0.2) is 31.4 Å². The predicted octanol–water partition coefficient (Wildman–Crippen LogP) is 9.48. The van der Waals surface area contributed by atoms with Gasteiger partial charge in [-0.25, -0.2) is 4.79 Å². The molecule has 7 nitrogen and oxygen atoms in total. The number of carbonyl (C=O) groups is 1. The van der Waals surface area contributed by atoms with Crippen LogP contribution in [0.1, 0.15) is 5.56 Å². The minimum Gasteiger partial charge on any atom is -0.496 e. The smallest absolute Gasteiger partial charge is 0.346 e. The van der Waals surface area contributed by atoms with Crippen molar-refractivity contribution in [2.24, 2.45) is 0 Å². The first kappa shape index (κ1) is 29.7. The number of benzene rings is 5. The van der Waals surface area contributed by atoms with E-state index in [0.29, 0.717) is 36.0 Å². The molecule has 8 heteroatoms. The molecule has 0 saturated heterocycles. The van der Waals surface area contributed by atoms with Gasteiger partial charge in [-0.15, -0.1) is 11.3 Å². The fourth-order valence-electron chi connectivity index (χ4n) is 5.77. The summed E-state index contributed by atoms with van der Waals surface area (Å²) in [5, 5.41) is 20.9. The fourth-order valence-corrected chi connectivity index (χ4v) is 6.96. The SMILES string of the molecule is COc1cc(-c2sc(-c3ccc(N(c4ccccc4)c4cccc5ccccc45)cc3)c3c2OCCO3)ccc1/C=C(\C#N)C(=O)O. The molecule has 1 N–H and O–H groups in total. The number of aliphatic carboxylic acids is 1. The number of fused-ring (bicyclic) bond motifs is 2. The number of anilines is 3. The predicted molar refractivity (Wildman–Crippen MR) is 186 cm³/mol. The van der Waals surface area contributed by atoms with Gasteiger partial charge >= 0.3 is 5.97 Å². The summed E-state index contributed by atoms with van der Waals surface area (Å²) in [6.45, 7) is 0.866. The van der Waals surface area contributed by atoms with Gasteiger partial charge in [0.15, 0.2) is 11.5 Å². The van der Waals surface area contributed by atoms with Crippen LogP contribution >= 0.6 is 11.3 Å². The average Bonchev–Trinajstić information content (AvgIpc) is 3.51. The van der Waals surface area contributed by atoms with Crippen LogP contribution in [0.5, 0.6) is 17.2 Å². The highest BCUT2D eigenvalue weighted by atomic mass is 32.1. The van der Waals surface area contributed by atoms with Crippen LogP contribution in [-0.2, 0) is 4.79 Å². The van der Waals surface area contributed by atoms with E-state index in [0.717, 1.165) is 43.3 Å². The molecule has 7 rings (SSSR count). The van der Waals surface area contributed by atoms with Crippen molar-refractivity contribution >= 4 is 51.2 Å². The van der Waals surface area contributed by atoms with Crippen molar-refractivity contribution in [3.8, 4) is 44.2 Å². The largest absolute Gasteiger partial charge is 0.496 e. The number of para-hydroxylation sites is 1. The van der Waals surface area contributed by atoms with Crippen molar-refractivity contribution in [1.82, 2.24) is 0 Å². The van der Waals surface area contributed by atoms with Gasteiger partial charge in [-0.1, -0.05) is 78.9 Å². The van der Waals surface area contributed by atoms with Gasteiger partial charge in [0.25, 0.3) is 0 Å². The molecular weight excluding hydrogens is 609 g/mol. The van der Waals surface area contributed by atoms with Crippen LogP contribution in [0.3, 0.4) is 0 Å². The van der Waals surface area contributed by atoms with E-state index in [4.69, 9.17) is 14.2 Å². The molecule has 47 heavy (non-hydrogen) atoms. The minimum atomic E-state index is -1.30. The molecule has 0 atom stereocenters. The standard InChI is InChI=1S/C39H28N2O5S/c1-44-34-23-28(15-14-27(34)22-29(24-40)39(42)43)38-36-35(45-20-21-46-36)37(47-38)26-16-18-31(19-17-26)41(30-10-3-2-4-11-30)33-13-7-9-25-8-5-6-12-32(25)33/h2-19,22-23H,20-21H2,1H3,(H,42,43)/b29-22+. The van der Waals surface area contributed by atoms with Gasteiger partial charge in [-0.2, -0.15) is 5.26 Å². The average molecular weight is 637 g/mol. The minimum absolute atomic E-state index is 0.377. The Balaban J connectivity index is 1.29. The normalized spacial score (nSPS) is 12.4. The molecule has 0 unspecified atom stereocenters. The number of nitrogens with zero attached hydrogens (tertiary/aromatic N) is 2. The molecule has 0 fully saturated rings. The number of methoxy groups -OCH3 is 1. The lowest BCUT2D eigenvalue weighted by atomic mass is 10.0. The van der Waals surface area contributed by atoms with Crippen molar-refractivity contribution in [1.29, 1.82) is 5.26 Å². The highest BCUT2D eigenvalue weighted by molar-refractivity contribution is 7.19. The summed E-state index contributed by atoms with van der Waals surface area (Å²) in [6.07, 6.45) is 1.30. The summed E-state index contributed by atoms with van der Waals surface area (Å²) in [6, 6.07) is 40.7. The second kappa shape index (κ2) is 12.8. The maximum Gasteiger partial charge on any atom is 0.346 e. The van der Waals surface area contributed by atoms with Gasteiger partial charge in [0, 0.05) is 22.3 Å². The Bertz CT molecular complexity index is 2180. The number of carboxylic acids is 1. The number of rotatable bonds is 8. The summed E-state index contributed by atoms with van der Waals surface area (Å²) in [4.78, 5) is 15.5. The van der Waals surface area contributed by atoms with Gasteiger partial charge in [0.2, 0.25) is 0 Å². The number of ether oxygens (including phenoxy) is 3. The van der Waals surface area contributed by atoms with Crippen molar-refractivity contribution in [3.05, 3.63) is 126 Å². The Kier molecular flexibility index (Phi) is 8.05. The first-order chi connectivity index (χ1) is 23.1. The van der Waals surface area contributed by atoms with E-state index < -0.39 is 5.97 Å². The molecule has 2 heterocycles. The quantitative estimate of drug-likeness (QED) is 0.131. The lowest BCUT2D eigenvalue weighted by molar-refractivity contribution is -0.132. The molecular formula is C39H28N2O5S. The topological polar surface area (TPSA) is 92.0 Å². The molecule has 230 valence electrons. The van der Waals surface area contributed by atoms with Gasteiger partial charge < -0.3 is 24.2 Å². The van der Waals surface area contributed by atoms with Gasteiger partial charge in [0.05, 0.1) is 22.6 Å². The van der Waals surface area contributed by atoms with Crippen molar-refractivity contribution in [2.75, 3.05) is 25.2 Å². The third-order valence-electron chi connectivity index (χ3n) is 7.95. The van der Waals surface area contributed by atoms with Crippen LogP contribution in [0.4, 0.5) is 17.1 Å². The van der Waals surface area contributed by atoms with Crippen LogP contribution in [0.25, 0.3) is 37.7 Å². The Morgan fingerprint density at radius 3 is 2.17 bits per heavy atom. The Labute approximate surface area is 275 Å². The number of nitriles is 1. The molecule has 1 aliphatic heterocycles. The van der Waals surface area contributed by atoms with E-state index in [2.05, 4.69) is 83.8 Å². The molecule has 1 aromatic heterocycles. The third-order valence-corrected chi connectivity index (χ3v) is 9.21. The molecule has 0 bridgehead atoms. The summed E-state index contributed by atoms with van der Waals surface area (Å²) in [7, 11) is 1.51. The zero-order valence-electron chi connectivity index (χ0n) is 25.3. The van der Waals surface area contributed by atoms with Crippen LogP contribution in [0, 0.1) is 11.3 Å². The Morgan fingerprint density at radius 1 is 0.830 bits per heavy atom. The number of hydrogen-bond donors (Lipinski definition) is 1. The van der Waals surface area contributed by atoms with E-state index >= 15 is 0 Å². The molecule has 0 radical (unpaired) electrons. The lowest BCUT2D eigenvalue weighted by Gasteiger charge is -2.27. The van der Waals surface area contributed by atoms with E-state index in [1.165, 1.54) is 18.6 Å². The Morgan fingerprint density at radius 2 is 1.47 bits per heavy atom. The summed E-state index contributed by atoms with van der Waals surface area (Å²) in [5.74, 6) is 0.501. The second-order valence-electron chi connectivity index (χ2n) is 10.8. The number of carboxylic acid groups (broad SMARTS) is 1. The van der Waals surface area contributed by atoms with Gasteiger partial charge in [-0.3, -0.25) is 0 Å². The second-order valence-corrected chi connectivity index (χ2v) is 11.8. The van der Waals surface area contributed by atoms with Crippen molar-refractivity contribution in [2.45, 2.75) is 0 Å². The van der Waals surface area contributed by atoms with Crippen molar-refractivity contribution < 1.29 is 24.1 Å². The molecule has 1 aliphatic rings. The van der Waals surface area contributed by atoms with Crippen LogP contribution in [0.2, 0.25) is 0 Å². The molecule has 0 spiro atoms. The highest BCUT2D eigenvalue weighted by Crippen LogP contribution is 2.54. The van der Waals surface area contributed by atoms with Crippen LogP contribution in [0.15, 0.2) is 121 Å². The molecule has 0 saturated carbocycles.